The number of aromatic amines is 1. The Labute approximate surface area is 72.4 Å². The van der Waals surface area contributed by atoms with Gasteiger partial charge in [-0.05, 0) is 6.92 Å². The van der Waals surface area contributed by atoms with Crippen LogP contribution in [-0.2, 0) is 7.05 Å². The van der Waals surface area contributed by atoms with Crippen molar-refractivity contribution in [2.75, 3.05) is 0 Å². The lowest BCUT2D eigenvalue weighted by Crippen LogP contribution is -2.28. The molecule has 4 heteroatoms. The summed E-state index contributed by atoms with van der Waals surface area (Å²) in [6.45, 7) is 5.70. The van der Waals surface area contributed by atoms with Gasteiger partial charge in [-0.15, -0.1) is 0 Å². The summed E-state index contributed by atoms with van der Waals surface area (Å²) in [5.74, 6) is 0. The van der Waals surface area contributed by atoms with Crippen LogP contribution in [-0.4, -0.2) is 9.55 Å². The van der Waals surface area contributed by atoms with E-state index in [0.29, 0.717) is 5.69 Å². The quantitative estimate of drug-likeness (QED) is 0.624. The van der Waals surface area contributed by atoms with E-state index in [9.17, 15) is 9.59 Å². The van der Waals surface area contributed by atoms with Crippen molar-refractivity contribution in [3.05, 3.63) is 32.6 Å². The van der Waals surface area contributed by atoms with Gasteiger partial charge in [-0.1, -0.05) is 13.8 Å². The molecule has 0 aliphatic carbocycles. The monoisotopic (exact) mass is 172 g/mol. The van der Waals surface area contributed by atoms with Gasteiger partial charge in [-0.25, -0.2) is 4.79 Å². The summed E-state index contributed by atoms with van der Waals surface area (Å²) in [5.41, 5.74) is -0.0562. The van der Waals surface area contributed by atoms with E-state index in [1.807, 2.05) is 13.8 Å². The molecule has 1 rings (SSSR count). The molecule has 4 nitrogen and oxygen atoms in total. The van der Waals surface area contributed by atoms with E-state index < -0.39 is 0 Å². The Balaban J connectivity index is 0. The van der Waals surface area contributed by atoms with Crippen molar-refractivity contribution in [3.63, 3.8) is 0 Å². The molecule has 0 saturated heterocycles. The fourth-order valence-electron chi connectivity index (χ4n) is 0.672. The van der Waals surface area contributed by atoms with Crippen LogP contribution in [0.2, 0.25) is 0 Å². The Morgan fingerprint density at radius 2 is 1.92 bits per heavy atom. The Kier molecular flexibility index (Phi) is 4.04. The minimum absolute atomic E-state index is 0. The molecule has 0 bridgehead atoms. The number of hydrogen-bond donors (Lipinski definition) is 1. The number of hydrogen-bond acceptors (Lipinski definition) is 2. The highest BCUT2D eigenvalue weighted by Gasteiger charge is 1.93. The first kappa shape index (κ1) is 10.7. The zero-order valence-corrected chi connectivity index (χ0v) is 7.84. The summed E-state index contributed by atoms with van der Waals surface area (Å²) in [5, 5.41) is 0. The van der Waals surface area contributed by atoms with Gasteiger partial charge in [-0.2, -0.15) is 0 Å². The van der Waals surface area contributed by atoms with Gasteiger partial charge in [0.05, 0.1) is 0 Å². The second-order valence-electron chi connectivity index (χ2n) is 2.14. The van der Waals surface area contributed by atoms with Crippen LogP contribution in [0.4, 0.5) is 0 Å². The van der Waals surface area contributed by atoms with Crippen molar-refractivity contribution >= 4 is 0 Å². The largest absolute Gasteiger partial charge is 0.328 e. The fraction of sp³-hybridized carbons (Fsp3) is 0.500. The Morgan fingerprint density at radius 3 is 2.33 bits per heavy atom. The highest BCUT2D eigenvalue weighted by atomic mass is 16.2. The van der Waals surface area contributed by atoms with Gasteiger partial charge in [0, 0.05) is 20.2 Å². The van der Waals surface area contributed by atoms with Crippen LogP contribution in [0.1, 0.15) is 21.0 Å². The third-order valence-corrected chi connectivity index (χ3v) is 1.40. The van der Waals surface area contributed by atoms with Crippen LogP contribution in [0.3, 0.4) is 0 Å². The molecule has 0 unspecified atom stereocenters. The molecule has 0 aliphatic heterocycles. The summed E-state index contributed by atoms with van der Waals surface area (Å²) < 4.78 is 1.38. The van der Waals surface area contributed by atoms with E-state index in [-0.39, 0.29) is 12.7 Å². The highest BCUT2D eigenvalue weighted by molar-refractivity contribution is 4.96. The van der Waals surface area contributed by atoms with Gasteiger partial charge in [0.25, 0.3) is 5.56 Å². The first-order valence-corrected chi connectivity index (χ1v) is 3.88. The molecule has 1 heterocycles. The molecule has 1 aromatic rings. The molecule has 1 aromatic heterocycles. The summed E-state index contributed by atoms with van der Waals surface area (Å²) in [4.78, 5) is 23.5. The van der Waals surface area contributed by atoms with Gasteiger partial charge in [0.2, 0.25) is 0 Å². The van der Waals surface area contributed by atoms with Crippen molar-refractivity contribution in [2.24, 2.45) is 7.05 Å². The second-order valence-corrected chi connectivity index (χ2v) is 2.14. The van der Waals surface area contributed by atoms with Crippen molar-refractivity contribution < 1.29 is 1.43 Å². The molecule has 0 amide bonds. The number of aryl methyl sites for hydroxylation is 1. The predicted molar refractivity (Wildman–Crippen MR) is 50.5 cm³/mol. The number of nitrogens with zero attached hydrogens (tertiary/aromatic N) is 1. The van der Waals surface area contributed by atoms with Crippen molar-refractivity contribution in [2.45, 2.75) is 20.8 Å². The number of H-pyrrole nitrogens is 1. The van der Waals surface area contributed by atoms with Crippen LogP contribution in [0, 0.1) is 6.92 Å². The second kappa shape index (κ2) is 4.54. The Morgan fingerprint density at radius 1 is 1.42 bits per heavy atom. The maximum absolute atomic E-state index is 10.8. The maximum atomic E-state index is 10.8. The summed E-state index contributed by atoms with van der Waals surface area (Å²) in [7, 11) is 1.60. The fourth-order valence-corrected chi connectivity index (χ4v) is 0.672. The van der Waals surface area contributed by atoms with Crippen LogP contribution < -0.4 is 11.2 Å². The minimum atomic E-state index is -0.370. The van der Waals surface area contributed by atoms with Crippen molar-refractivity contribution in [1.82, 2.24) is 9.55 Å². The predicted octanol–water partition coefficient (Wildman–Crippen LogP) is 0.654. The van der Waals surface area contributed by atoms with E-state index in [1.54, 1.807) is 14.0 Å². The van der Waals surface area contributed by atoms with Gasteiger partial charge in [-0.3, -0.25) is 9.78 Å². The summed E-state index contributed by atoms with van der Waals surface area (Å²) in [6, 6.07) is 1.38. The zero-order chi connectivity index (χ0) is 9.72. The molecule has 12 heavy (non-hydrogen) atoms. The van der Waals surface area contributed by atoms with Gasteiger partial charge >= 0.3 is 5.69 Å². The third kappa shape index (κ3) is 2.38. The molecule has 1 N–H and O–H groups in total. The smallest absolute Gasteiger partial charge is 0.301 e. The normalized spacial score (nSPS) is 8.67. The van der Waals surface area contributed by atoms with E-state index in [0.717, 1.165) is 0 Å². The average Bonchev–Trinajstić information content (AvgIpc) is 2.04. The van der Waals surface area contributed by atoms with E-state index >= 15 is 0 Å². The van der Waals surface area contributed by atoms with Crippen LogP contribution in [0.15, 0.2) is 15.7 Å². The van der Waals surface area contributed by atoms with Crippen LogP contribution in [0.25, 0.3) is 0 Å². The first-order valence-electron chi connectivity index (χ1n) is 3.88. The van der Waals surface area contributed by atoms with Gasteiger partial charge in [0.1, 0.15) is 0 Å². The molecule has 0 saturated carbocycles. The molecule has 0 atom stereocenters. The summed E-state index contributed by atoms with van der Waals surface area (Å²) >= 11 is 0. The molecule has 0 aromatic carbocycles. The lowest BCUT2D eigenvalue weighted by Gasteiger charge is -1.97. The minimum Gasteiger partial charge on any atom is -0.301 e. The molecule has 0 fully saturated rings. The van der Waals surface area contributed by atoms with Crippen molar-refractivity contribution in [3.8, 4) is 0 Å². The van der Waals surface area contributed by atoms with E-state index in [4.69, 9.17) is 0 Å². The van der Waals surface area contributed by atoms with Crippen molar-refractivity contribution in [1.29, 1.82) is 0 Å². The van der Waals surface area contributed by atoms with E-state index in [1.165, 1.54) is 10.6 Å². The molecular weight excluding hydrogens is 156 g/mol. The van der Waals surface area contributed by atoms with Gasteiger partial charge < -0.3 is 4.57 Å². The molecule has 70 valence electrons. The lowest BCUT2D eigenvalue weighted by atomic mass is 10.4. The average molecular weight is 172 g/mol. The Hall–Kier alpha value is -1.32. The zero-order valence-electron chi connectivity index (χ0n) is 7.84. The topological polar surface area (TPSA) is 54.9 Å². The number of aromatic nitrogens is 2. The number of nitrogens with one attached hydrogen (secondary N) is 1. The maximum Gasteiger partial charge on any atom is 0.328 e. The molecule has 0 aliphatic rings. The SMILES string of the molecule is CC.Cc1cc(=O)[nH]c(=O)n1C.[HH]. The standard InChI is InChI=1S/C6H8N2O2.C2H6.H2/c1-4-3-5(9)7-6(10)8(4)2;1-2;/h3H,1-2H3,(H,7,9,10);1-2H3;1H. The van der Waals surface area contributed by atoms with E-state index in [2.05, 4.69) is 4.98 Å². The van der Waals surface area contributed by atoms with Crippen LogP contribution >= 0.6 is 0 Å². The molecule has 0 radical (unpaired) electrons. The third-order valence-electron chi connectivity index (χ3n) is 1.40. The molecule has 0 spiro atoms. The lowest BCUT2D eigenvalue weighted by molar-refractivity contribution is 0.765. The summed E-state index contributed by atoms with van der Waals surface area (Å²) in [6.07, 6.45) is 0. The number of rotatable bonds is 0. The highest BCUT2D eigenvalue weighted by Crippen LogP contribution is 1.81. The van der Waals surface area contributed by atoms with Gasteiger partial charge in [0.15, 0.2) is 0 Å². The van der Waals surface area contributed by atoms with Crippen LogP contribution in [0.5, 0.6) is 0 Å². The molecular formula is C8H16N2O2. The first-order chi connectivity index (χ1) is 5.61. The Bertz CT molecular complexity index is 354.